The van der Waals surface area contributed by atoms with E-state index >= 15 is 0 Å². The van der Waals surface area contributed by atoms with Crippen LogP contribution in [-0.4, -0.2) is 37.1 Å². The zero-order valence-corrected chi connectivity index (χ0v) is 15.8. The van der Waals surface area contributed by atoms with Crippen LogP contribution < -0.4 is 20.3 Å². The van der Waals surface area contributed by atoms with Crippen molar-refractivity contribution in [1.82, 2.24) is 10.6 Å². The van der Waals surface area contributed by atoms with Crippen molar-refractivity contribution >= 4 is 11.7 Å². The number of anilines is 1. The molecule has 27 heavy (non-hydrogen) atoms. The number of carbonyl (C=O) groups is 1. The Morgan fingerprint density at radius 3 is 2.37 bits per heavy atom. The molecule has 5 nitrogen and oxygen atoms in total. The quantitative estimate of drug-likeness (QED) is 0.830. The fourth-order valence-electron chi connectivity index (χ4n) is 4.06. The fourth-order valence-corrected chi connectivity index (χ4v) is 4.06. The number of amides is 2. The summed E-state index contributed by atoms with van der Waals surface area (Å²) < 4.78 is 40.8. The van der Waals surface area contributed by atoms with Crippen molar-refractivity contribution in [1.29, 1.82) is 0 Å². The summed E-state index contributed by atoms with van der Waals surface area (Å²) in [5.41, 5.74) is 0.584. The predicted octanol–water partition coefficient (Wildman–Crippen LogP) is 3.90. The molecule has 3 rings (SSSR count). The molecule has 8 heteroatoms. The summed E-state index contributed by atoms with van der Waals surface area (Å²) in [5, 5.41) is 6.02. The van der Waals surface area contributed by atoms with Gasteiger partial charge in [0.15, 0.2) is 0 Å². The van der Waals surface area contributed by atoms with Gasteiger partial charge in [-0.15, -0.1) is 13.2 Å². The molecule has 1 aromatic carbocycles. The monoisotopic (exact) mass is 385 g/mol. The first-order valence-electron chi connectivity index (χ1n) is 9.20. The summed E-state index contributed by atoms with van der Waals surface area (Å²) in [7, 11) is 0. The maximum absolute atomic E-state index is 12.3. The van der Waals surface area contributed by atoms with E-state index in [1.807, 2.05) is 20.8 Å². The highest BCUT2D eigenvalue weighted by Gasteiger charge is 2.43. The van der Waals surface area contributed by atoms with E-state index in [9.17, 15) is 18.0 Å². The second-order valence-corrected chi connectivity index (χ2v) is 8.40. The number of nitrogens with one attached hydrogen (secondary N) is 2. The molecular weight excluding hydrogens is 359 g/mol. The lowest BCUT2D eigenvalue weighted by molar-refractivity contribution is -0.274. The summed E-state index contributed by atoms with van der Waals surface area (Å²) in [6, 6.07) is 5.94. The Morgan fingerprint density at radius 1 is 1.11 bits per heavy atom. The Morgan fingerprint density at radius 2 is 1.78 bits per heavy atom. The topological polar surface area (TPSA) is 53.6 Å². The third kappa shape index (κ3) is 5.20. The molecule has 1 aliphatic heterocycles. The molecule has 0 radical (unpaired) electrons. The predicted molar refractivity (Wildman–Crippen MR) is 96.8 cm³/mol. The van der Waals surface area contributed by atoms with Gasteiger partial charge in [-0.1, -0.05) is 0 Å². The molecule has 2 fully saturated rings. The largest absolute Gasteiger partial charge is 0.573 e. The molecule has 2 amide bonds. The van der Waals surface area contributed by atoms with Gasteiger partial charge in [0.05, 0.1) is 0 Å². The van der Waals surface area contributed by atoms with Crippen LogP contribution in [0, 0.1) is 11.8 Å². The minimum atomic E-state index is -4.68. The average Bonchev–Trinajstić information content (AvgIpc) is 3.06. The van der Waals surface area contributed by atoms with Crippen molar-refractivity contribution in [2.75, 3.05) is 18.0 Å². The van der Waals surface area contributed by atoms with Gasteiger partial charge in [0, 0.05) is 36.3 Å². The average molecular weight is 385 g/mol. The van der Waals surface area contributed by atoms with Crippen molar-refractivity contribution in [2.24, 2.45) is 11.8 Å². The van der Waals surface area contributed by atoms with Gasteiger partial charge in [-0.3, -0.25) is 0 Å². The van der Waals surface area contributed by atoms with E-state index in [0.29, 0.717) is 11.8 Å². The van der Waals surface area contributed by atoms with Crippen LogP contribution in [0.1, 0.15) is 33.6 Å². The number of alkyl halides is 3. The first-order valence-corrected chi connectivity index (χ1v) is 9.20. The highest BCUT2D eigenvalue weighted by atomic mass is 19.4. The van der Waals surface area contributed by atoms with Crippen LogP contribution in [0.5, 0.6) is 5.75 Å². The van der Waals surface area contributed by atoms with Crippen LogP contribution >= 0.6 is 0 Å². The number of hydrogen-bond acceptors (Lipinski definition) is 3. The van der Waals surface area contributed by atoms with Gasteiger partial charge in [-0.05, 0) is 63.8 Å². The summed E-state index contributed by atoms with van der Waals surface area (Å²) in [4.78, 5) is 14.3. The molecule has 3 atom stereocenters. The molecule has 0 bridgehead atoms. The summed E-state index contributed by atoms with van der Waals surface area (Å²) in [5.74, 6) is 0.613. The van der Waals surface area contributed by atoms with E-state index in [4.69, 9.17) is 0 Å². The SMILES string of the molecule is CC(C)(C)NC(=O)N[C@H]1CC[C@@H]2CN(c3ccc(OC(F)(F)F)cc3)C[C@@H]21. The summed E-state index contributed by atoms with van der Waals surface area (Å²) in [6.07, 6.45) is -2.69. The maximum Gasteiger partial charge on any atom is 0.573 e. The highest BCUT2D eigenvalue weighted by molar-refractivity contribution is 5.75. The number of nitrogens with zero attached hydrogens (tertiary/aromatic N) is 1. The Balaban J connectivity index is 1.58. The normalized spacial score (nSPS) is 25.3. The van der Waals surface area contributed by atoms with Crippen LogP contribution in [0.15, 0.2) is 24.3 Å². The van der Waals surface area contributed by atoms with Crippen LogP contribution in [0.2, 0.25) is 0 Å². The molecule has 0 unspecified atom stereocenters. The minimum Gasteiger partial charge on any atom is -0.406 e. The van der Waals surface area contributed by atoms with E-state index in [0.717, 1.165) is 31.6 Å². The molecule has 0 spiro atoms. The lowest BCUT2D eigenvalue weighted by atomic mass is 9.98. The van der Waals surface area contributed by atoms with Gasteiger partial charge in [-0.25, -0.2) is 4.79 Å². The van der Waals surface area contributed by atoms with Crippen molar-refractivity contribution < 1.29 is 22.7 Å². The number of benzene rings is 1. The number of rotatable bonds is 3. The Hall–Kier alpha value is -2.12. The molecule has 1 saturated heterocycles. The van der Waals surface area contributed by atoms with E-state index in [1.165, 1.54) is 12.1 Å². The molecule has 2 aliphatic rings. The third-order valence-corrected chi connectivity index (χ3v) is 5.10. The first-order chi connectivity index (χ1) is 12.5. The number of carbonyl (C=O) groups excluding carboxylic acids is 1. The van der Waals surface area contributed by atoms with E-state index in [2.05, 4.69) is 20.3 Å². The lowest BCUT2D eigenvalue weighted by Crippen LogP contribution is -2.50. The lowest BCUT2D eigenvalue weighted by Gasteiger charge is -2.26. The maximum atomic E-state index is 12.3. The molecule has 1 aromatic rings. The smallest absolute Gasteiger partial charge is 0.406 e. The molecular formula is C19H26F3N3O2. The van der Waals surface area contributed by atoms with Crippen molar-refractivity contribution in [3.63, 3.8) is 0 Å². The summed E-state index contributed by atoms with van der Waals surface area (Å²) in [6.45, 7) is 7.45. The van der Waals surface area contributed by atoms with Crippen LogP contribution in [0.4, 0.5) is 23.7 Å². The molecule has 150 valence electrons. The molecule has 0 aromatic heterocycles. The van der Waals surface area contributed by atoms with E-state index < -0.39 is 6.36 Å². The first kappa shape index (κ1) is 19.6. The molecule has 1 saturated carbocycles. The Labute approximate surface area is 157 Å². The summed E-state index contributed by atoms with van der Waals surface area (Å²) >= 11 is 0. The van der Waals surface area contributed by atoms with Crippen LogP contribution in [-0.2, 0) is 0 Å². The highest BCUT2D eigenvalue weighted by Crippen LogP contribution is 2.40. The Kier molecular flexibility index (Phi) is 5.18. The second kappa shape index (κ2) is 7.13. The van der Waals surface area contributed by atoms with Crippen LogP contribution in [0.25, 0.3) is 0 Å². The molecule has 1 heterocycles. The third-order valence-electron chi connectivity index (χ3n) is 5.10. The van der Waals surface area contributed by atoms with Gasteiger partial charge in [-0.2, -0.15) is 0 Å². The van der Waals surface area contributed by atoms with Crippen LogP contribution in [0.3, 0.4) is 0 Å². The fraction of sp³-hybridized carbons (Fsp3) is 0.632. The second-order valence-electron chi connectivity index (χ2n) is 8.40. The van der Waals surface area contributed by atoms with Gasteiger partial charge in [0.2, 0.25) is 0 Å². The molecule has 2 N–H and O–H groups in total. The van der Waals surface area contributed by atoms with Crippen molar-refractivity contribution in [2.45, 2.75) is 51.6 Å². The van der Waals surface area contributed by atoms with Gasteiger partial charge in [0.25, 0.3) is 0 Å². The standard InChI is InChI=1S/C19H26F3N3O2/c1-18(2,3)24-17(26)23-16-9-4-12-10-25(11-15(12)16)13-5-7-14(8-6-13)27-19(20,21)22/h5-8,12,15-16H,4,9-11H2,1-3H3,(H2,23,24,26)/t12-,15+,16+/m1/s1. The zero-order valence-electron chi connectivity index (χ0n) is 15.8. The van der Waals surface area contributed by atoms with Crippen molar-refractivity contribution in [3.05, 3.63) is 24.3 Å². The van der Waals surface area contributed by atoms with Gasteiger partial charge in [0.1, 0.15) is 5.75 Å². The van der Waals surface area contributed by atoms with E-state index in [-0.39, 0.29) is 23.4 Å². The number of ether oxygens (including phenoxy) is 1. The van der Waals surface area contributed by atoms with E-state index in [1.54, 1.807) is 12.1 Å². The number of halogens is 3. The van der Waals surface area contributed by atoms with Crippen molar-refractivity contribution in [3.8, 4) is 5.75 Å². The minimum absolute atomic E-state index is 0.121. The number of urea groups is 1. The molecule has 1 aliphatic carbocycles. The van der Waals surface area contributed by atoms with Gasteiger partial charge >= 0.3 is 12.4 Å². The number of fused-ring (bicyclic) bond motifs is 1. The zero-order chi connectivity index (χ0) is 19.8. The number of hydrogen-bond donors (Lipinski definition) is 2. The van der Waals surface area contributed by atoms with Gasteiger partial charge < -0.3 is 20.3 Å². The Bertz CT molecular complexity index is 670.